The van der Waals surface area contributed by atoms with Crippen LogP contribution in [0.2, 0.25) is 0 Å². The first-order valence-electron chi connectivity index (χ1n) is 5.95. The maximum absolute atomic E-state index is 5.57. The summed E-state index contributed by atoms with van der Waals surface area (Å²) < 4.78 is 2.02. The van der Waals surface area contributed by atoms with Crippen LogP contribution in [0.3, 0.4) is 0 Å². The fourth-order valence-corrected chi connectivity index (χ4v) is 1.68. The third kappa shape index (κ3) is 3.57. The molecule has 0 bridgehead atoms. The third-order valence-corrected chi connectivity index (χ3v) is 2.55. The monoisotopic (exact) mass is 225 g/mol. The van der Waals surface area contributed by atoms with Crippen LogP contribution in [0.15, 0.2) is 0 Å². The Morgan fingerprint density at radius 1 is 1.31 bits per heavy atom. The summed E-state index contributed by atoms with van der Waals surface area (Å²) in [6.07, 6.45) is 2.99. The molecule has 5 nitrogen and oxygen atoms in total. The second kappa shape index (κ2) is 6.60. The minimum atomic E-state index is 0.642. The summed E-state index contributed by atoms with van der Waals surface area (Å²) in [6.45, 7) is 4.71. The fourth-order valence-electron chi connectivity index (χ4n) is 1.68. The molecule has 0 spiro atoms. The minimum absolute atomic E-state index is 0.642. The number of aromatic nitrogens is 3. The third-order valence-electron chi connectivity index (χ3n) is 2.55. The zero-order valence-electron chi connectivity index (χ0n) is 10.6. The van der Waals surface area contributed by atoms with E-state index in [1.807, 2.05) is 4.68 Å². The van der Waals surface area contributed by atoms with Gasteiger partial charge in [-0.2, -0.15) is 0 Å². The van der Waals surface area contributed by atoms with Gasteiger partial charge in [-0.3, -0.25) is 0 Å². The first kappa shape index (κ1) is 13.1. The summed E-state index contributed by atoms with van der Waals surface area (Å²) in [6, 6.07) is 0. The van der Waals surface area contributed by atoms with E-state index >= 15 is 0 Å². The second-order valence-corrected chi connectivity index (χ2v) is 4.30. The van der Waals surface area contributed by atoms with Gasteiger partial charge in [0.15, 0.2) is 0 Å². The lowest BCUT2D eigenvalue weighted by atomic mass is 10.1. The van der Waals surface area contributed by atoms with Crippen molar-refractivity contribution < 1.29 is 0 Å². The van der Waals surface area contributed by atoms with Gasteiger partial charge in [-0.1, -0.05) is 18.6 Å². The molecule has 0 aromatic carbocycles. The summed E-state index contributed by atoms with van der Waals surface area (Å²) in [4.78, 5) is 2.15. The lowest BCUT2D eigenvalue weighted by molar-refractivity contribution is 0.366. The zero-order chi connectivity index (χ0) is 12.0. The van der Waals surface area contributed by atoms with Crippen LogP contribution < -0.4 is 5.73 Å². The SMILES string of the molecule is CCCc1c(CCN)nnn1CCN(C)C. The summed E-state index contributed by atoms with van der Waals surface area (Å²) in [5.41, 5.74) is 7.90. The van der Waals surface area contributed by atoms with Gasteiger partial charge < -0.3 is 10.6 Å². The molecule has 0 saturated heterocycles. The summed E-state index contributed by atoms with van der Waals surface area (Å²) in [7, 11) is 4.13. The van der Waals surface area contributed by atoms with E-state index in [0.29, 0.717) is 6.54 Å². The van der Waals surface area contributed by atoms with E-state index in [-0.39, 0.29) is 0 Å². The van der Waals surface area contributed by atoms with Crippen molar-refractivity contribution in [2.75, 3.05) is 27.2 Å². The van der Waals surface area contributed by atoms with E-state index in [9.17, 15) is 0 Å². The Balaban J connectivity index is 2.73. The van der Waals surface area contributed by atoms with Crippen LogP contribution in [0.4, 0.5) is 0 Å². The molecule has 0 radical (unpaired) electrons. The summed E-state index contributed by atoms with van der Waals surface area (Å²) >= 11 is 0. The van der Waals surface area contributed by atoms with Crippen molar-refractivity contribution in [2.45, 2.75) is 32.7 Å². The topological polar surface area (TPSA) is 60.0 Å². The van der Waals surface area contributed by atoms with Gasteiger partial charge in [0, 0.05) is 13.0 Å². The first-order valence-corrected chi connectivity index (χ1v) is 5.95. The Labute approximate surface area is 97.6 Å². The van der Waals surface area contributed by atoms with Crippen molar-refractivity contribution in [3.8, 4) is 0 Å². The highest BCUT2D eigenvalue weighted by Gasteiger charge is 2.11. The molecular weight excluding hydrogens is 202 g/mol. The van der Waals surface area contributed by atoms with Crippen molar-refractivity contribution in [3.63, 3.8) is 0 Å². The quantitative estimate of drug-likeness (QED) is 0.725. The van der Waals surface area contributed by atoms with Gasteiger partial charge in [-0.25, -0.2) is 4.68 Å². The number of hydrogen-bond acceptors (Lipinski definition) is 4. The molecule has 1 aromatic heterocycles. The van der Waals surface area contributed by atoms with Crippen LogP contribution >= 0.6 is 0 Å². The molecular formula is C11H23N5. The Bertz CT molecular complexity index is 305. The van der Waals surface area contributed by atoms with Gasteiger partial charge in [0.25, 0.3) is 0 Å². The van der Waals surface area contributed by atoms with Crippen molar-refractivity contribution >= 4 is 0 Å². The molecule has 1 aromatic rings. The Morgan fingerprint density at radius 3 is 2.62 bits per heavy atom. The smallest absolute Gasteiger partial charge is 0.0871 e. The van der Waals surface area contributed by atoms with Crippen molar-refractivity contribution in [1.82, 2.24) is 19.9 Å². The van der Waals surface area contributed by atoms with Gasteiger partial charge in [-0.15, -0.1) is 5.10 Å². The van der Waals surface area contributed by atoms with E-state index in [1.54, 1.807) is 0 Å². The molecule has 0 unspecified atom stereocenters. The predicted molar refractivity (Wildman–Crippen MR) is 65.3 cm³/mol. The number of likely N-dealkylation sites (N-methyl/N-ethyl adjacent to an activating group) is 1. The van der Waals surface area contributed by atoms with Gasteiger partial charge >= 0.3 is 0 Å². The van der Waals surface area contributed by atoms with Crippen LogP contribution in [0.25, 0.3) is 0 Å². The Kier molecular flexibility index (Phi) is 5.42. The molecule has 0 aliphatic heterocycles. The fraction of sp³-hybridized carbons (Fsp3) is 0.818. The number of nitrogens with two attached hydrogens (primary N) is 1. The molecule has 0 aliphatic rings. The second-order valence-electron chi connectivity index (χ2n) is 4.30. The average Bonchev–Trinajstić information content (AvgIpc) is 2.60. The normalized spacial score (nSPS) is 11.3. The Morgan fingerprint density at radius 2 is 2.06 bits per heavy atom. The van der Waals surface area contributed by atoms with E-state index in [1.165, 1.54) is 5.69 Å². The van der Waals surface area contributed by atoms with Crippen LogP contribution in [-0.2, 0) is 19.4 Å². The zero-order valence-corrected chi connectivity index (χ0v) is 10.6. The van der Waals surface area contributed by atoms with E-state index in [2.05, 4.69) is 36.2 Å². The molecule has 92 valence electrons. The molecule has 0 aliphatic carbocycles. The van der Waals surface area contributed by atoms with Gasteiger partial charge in [-0.05, 0) is 27.1 Å². The summed E-state index contributed by atoms with van der Waals surface area (Å²) in [5, 5.41) is 8.43. The van der Waals surface area contributed by atoms with E-state index < -0.39 is 0 Å². The van der Waals surface area contributed by atoms with Crippen molar-refractivity contribution in [2.24, 2.45) is 5.73 Å². The van der Waals surface area contributed by atoms with Crippen LogP contribution in [0.5, 0.6) is 0 Å². The number of hydrogen-bond donors (Lipinski definition) is 1. The molecule has 0 saturated carbocycles. The maximum atomic E-state index is 5.57. The molecule has 1 heterocycles. The maximum Gasteiger partial charge on any atom is 0.0871 e. The highest BCUT2D eigenvalue weighted by molar-refractivity contribution is 5.11. The van der Waals surface area contributed by atoms with E-state index in [4.69, 9.17) is 5.73 Å². The first-order chi connectivity index (χ1) is 7.69. The standard InChI is InChI=1S/C11H23N5/c1-4-5-11-10(6-7-12)13-14-16(11)9-8-15(2)3/h4-9,12H2,1-3H3. The number of rotatable bonds is 7. The van der Waals surface area contributed by atoms with Crippen LogP contribution in [0, 0.1) is 0 Å². The van der Waals surface area contributed by atoms with Crippen LogP contribution in [0.1, 0.15) is 24.7 Å². The molecule has 0 amide bonds. The highest BCUT2D eigenvalue weighted by atomic mass is 15.4. The minimum Gasteiger partial charge on any atom is -0.330 e. The van der Waals surface area contributed by atoms with Crippen LogP contribution in [-0.4, -0.2) is 47.1 Å². The van der Waals surface area contributed by atoms with Crippen molar-refractivity contribution in [1.29, 1.82) is 0 Å². The predicted octanol–water partition coefficient (Wildman–Crippen LogP) is 0.293. The van der Waals surface area contributed by atoms with Gasteiger partial charge in [0.2, 0.25) is 0 Å². The lowest BCUT2D eigenvalue weighted by Gasteiger charge is -2.11. The molecule has 1 rings (SSSR count). The molecule has 5 heteroatoms. The molecule has 0 fully saturated rings. The molecule has 16 heavy (non-hydrogen) atoms. The van der Waals surface area contributed by atoms with Crippen molar-refractivity contribution in [3.05, 3.63) is 11.4 Å². The molecule has 2 N–H and O–H groups in total. The Hall–Kier alpha value is -0.940. The highest BCUT2D eigenvalue weighted by Crippen LogP contribution is 2.08. The molecule has 0 atom stereocenters. The van der Waals surface area contributed by atoms with Gasteiger partial charge in [0.05, 0.1) is 17.9 Å². The van der Waals surface area contributed by atoms with Gasteiger partial charge in [0.1, 0.15) is 0 Å². The lowest BCUT2D eigenvalue weighted by Crippen LogP contribution is -2.20. The summed E-state index contributed by atoms with van der Waals surface area (Å²) in [5.74, 6) is 0. The average molecular weight is 225 g/mol. The number of nitrogens with zero attached hydrogens (tertiary/aromatic N) is 4. The van der Waals surface area contributed by atoms with E-state index in [0.717, 1.165) is 38.0 Å². The largest absolute Gasteiger partial charge is 0.330 e.